The molecule has 1 aromatic carbocycles. The first-order valence-corrected chi connectivity index (χ1v) is 11.3. The van der Waals surface area contributed by atoms with E-state index in [-0.39, 0.29) is 12.0 Å². The Labute approximate surface area is 189 Å². The Balaban J connectivity index is 1.25. The minimum atomic E-state index is 0.211. The summed E-state index contributed by atoms with van der Waals surface area (Å²) in [5.41, 5.74) is 3.20. The van der Waals surface area contributed by atoms with E-state index >= 15 is 0 Å². The number of amides is 1. The maximum absolute atomic E-state index is 11.9. The van der Waals surface area contributed by atoms with Crippen LogP contribution in [-0.2, 0) is 22.6 Å². The summed E-state index contributed by atoms with van der Waals surface area (Å²) in [4.78, 5) is 24.9. The van der Waals surface area contributed by atoms with Crippen LogP contribution in [0.5, 0.6) is 0 Å². The molecule has 2 saturated heterocycles. The van der Waals surface area contributed by atoms with Gasteiger partial charge in [-0.15, -0.1) is 0 Å². The van der Waals surface area contributed by atoms with E-state index in [1.165, 1.54) is 0 Å². The molecule has 8 nitrogen and oxygen atoms in total. The van der Waals surface area contributed by atoms with Crippen LogP contribution in [0, 0.1) is 0 Å². The number of nitrogens with zero attached hydrogens (tertiary/aromatic N) is 4. The lowest BCUT2D eigenvalue weighted by atomic mass is 10.2. The molecule has 2 aromatic rings. The number of carbonyl (C=O) groups is 1. The highest BCUT2D eigenvalue weighted by molar-refractivity contribution is 5.95. The summed E-state index contributed by atoms with van der Waals surface area (Å²) in [6.07, 6.45) is 3.74. The van der Waals surface area contributed by atoms with E-state index in [4.69, 9.17) is 4.74 Å². The number of aromatic nitrogens is 1. The molecule has 1 amide bonds. The molecule has 8 heteroatoms. The molecule has 1 unspecified atom stereocenters. The van der Waals surface area contributed by atoms with Crippen LogP contribution in [-0.4, -0.2) is 56.2 Å². The number of ether oxygens (including phenoxy) is 1. The second-order valence-electron chi connectivity index (χ2n) is 8.25. The highest BCUT2D eigenvalue weighted by atomic mass is 16.5. The van der Waals surface area contributed by atoms with Crippen molar-refractivity contribution in [2.24, 2.45) is 4.99 Å². The zero-order valence-corrected chi connectivity index (χ0v) is 18.9. The van der Waals surface area contributed by atoms with Gasteiger partial charge in [0.25, 0.3) is 0 Å². The van der Waals surface area contributed by atoms with Gasteiger partial charge in [-0.3, -0.25) is 9.79 Å². The molecule has 0 radical (unpaired) electrons. The molecule has 2 N–H and O–H groups in total. The van der Waals surface area contributed by atoms with E-state index in [9.17, 15) is 4.79 Å². The molecule has 2 fully saturated rings. The predicted molar refractivity (Wildman–Crippen MR) is 127 cm³/mol. The van der Waals surface area contributed by atoms with Gasteiger partial charge >= 0.3 is 0 Å². The van der Waals surface area contributed by atoms with Crippen LogP contribution in [0.2, 0.25) is 0 Å². The Morgan fingerprint density at radius 1 is 1.12 bits per heavy atom. The van der Waals surface area contributed by atoms with Crippen molar-refractivity contribution in [3.63, 3.8) is 0 Å². The molecular formula is C24H32N6O2. The first-order chi connectivity index (χ1) is 15.6. The van der Waals surface area contributed by atoms with E-state index in [1.54, 1.807) is 7.05 Å². The predicted octanol–water partition coefficient (Wildman–Crippen LogP) is 2.30. The summed E-state index contributed by atoms with van der Waals surface area (Å²) < 4.78 is 5.60. The summed E-state index contributed by atoms with van der Waals surface area (Å²) in [5.74, 6) is 1.93. The van der Waals surface area contributed by atoms with Crippen molar-refractivity contribution in [3.8, 4) is 0 Å². The second kappa shape index (κ2) is 10.5. The van der Waals surface area contributed by atoms with Crippen LogP contribution < -0.4 is 20.4 Å². The number of morpholine rings is 1. The van der Waals surface area contributed by atoms with Gasteiger partial charge < -0.3 is 25.2 Å². The standard InChI is InChI=1S/C24H32N6O2/c1-18-17-29(12-13-32-18)22-10-7-20(15-26-22)16-28-24(25-2)27-14-19-5-8-21(9-6-19)30-11-3-4-23(30)31/h5-10,15,18H,3-4,11-14,16-17H2,1-2H3,(H2,25,27,28). The van der Waals surface area contributed by atoms with Crippen LogP contribution in [0.25, 0.3) is 0 Å². The minimum absolute atomic E-state index is 0.211. The molecule has 0 bridgehead atoms. The van der Waals surface area contributed by atoms with Crippen molar-refractivity contribution in [1.29, 1.82) is 0 Å². The van der Waals surface area contributed by atoms with Gasteiger partial charge in [0.1, 0.15) is 5.82 Å². The van der Waals surface area contributed by atoms with Crippen molar-refractivity contribution in [2.45, 2.75) is 39.0 Å². The lowest BCUT2D eigenvalue weighted by Gasteiger charge is -2.32. The van der Waals surface area contributed by atoms with Gasteiger partial charge in [-0.25, -0.2) is 4.98 Å². The Morgan fingerprint density at radius 3 is 2.50 bits per heavy atom. The number of anilines is 2. The summed E-state index contributed by atoms with van der Waals surface area (Å²) in [6.45, 7) is 6.69. The molecule has 32 heavy (non-hydrogen) atoms. The van der Waals surface area contributed by atoms with Gasteiger partial charge in [-0.1, -0.05) is 18.2 Å². The normalized spacial score (nSPS) is 19.4. The summed E-state index contributed by atoms with van der Waals surface area (Å²) in [5, 5.41) is 6.67. The number of hydrogen-bond donors (Lipinski definition) is 2. The van der Waals surface area contributed by atoms with Crippen LogP contribution in [0.1, 0.15) is 30.9 Å². The topological polar surface area (TPSA) is 82.1 Å². The Hall–Kier alpha value is -3.13. The van der Waals surface area contributed by atoms with Crippen LogP contribution in [0.3, 0.4) is 0 Å². The minimum Gasteiger partial charge on any atom is -0.375 e. The summed E-state index contributed by atoms with van der Waals surface area (Å²) >= 11 is 0. The van der Waals surface area contributed by atoms with Gasteiger partial charge in [0.2, 0.25) is 5.91 Å². The van der Waals surface area contributed by atoms with Gasteiger partial charge in [0.05, 0.1) is 12.7 Å². The number of aliphatic imine (C=N–C) groups is 1. The summed E-state index contributed by atoms with van der Waals surface area (Å²) in [6, 6.07) is 12.3. The van der Waals surface area contributed by atoms with Gasteiger partial charge in [-0.05, 0) is 42.7 Å². The maximum atomic E-state index is 11.9. The Kier molecular flexibility index (Phi) is 7.21. The molecule has 0 aliphatic carbocycles. The molecule has 1 atom stereocenters. The molecule has 3 heterocycles. The molecule has 4 rings (SSSR count). The van der Waals surface area contributed by atoms with E-state index in [2.05, 4.69) is 56.7 Å². The van der Waals surface area contributed by atoms with Gasteiger partial charge in [-0.2, -0.15) is 0 Å². The molecule has 0 saturated carbocycles. The fourth-order valence-electron chi connectivity index (χ4n) is 4.04. The average molecular weight is 437 g/mol. The largest absolute Gasteiger partial charge is 0.375 e. The van der Waals surface area contributed by atoms with Gasteiger partial charge in [0.15, 0.2) is 5.96 Å². The third kappa shape index (κ3) is 5.56. The quantitative estimate of drug-likeness (QED) is 0.534. The van der Waals surface area contributed by atoms with Crippen molar-refractivity contribution in [1.82, 2.24) is 15.6 Å². The average Bonchev–Trinajstić information content (AvgIpc) is 3.26. The first-order valence-electron chi connectivity index (χ1n) is 11.3. The van der Waals surface area contributed by atoms with E-state index in [0.717, 1.165) is 61.3 Å². The highest BCUT2D eigenvalue weighted by Crippen LogP contribution is 2.21. The molecule has 2 aliphatic rings. The molecule has 0 spiro atoms. The van der Waals surface area contributed by atoms with Crippen molar-refractivity contribution >= 4 is 23.4 Å². The maximum Gasteiger partial charge on any atom is 0.227 e. The zero-order chi connectivity index (χ0) is 22.3. The number of hydrogen-bond acceptors (Lipinski definition) is 5. The number of rotatable bonds is 6. The van der Waals surface area contributed by atoms with E-state index in [0.29, 0.717) is 19.5 Å². The smallest absolute Gasteiger partial charge is 0.227 e. The number of guanidine groups is 1. The third-order valence-corrected chi connectivity index (χ3v) is 5.84. The number of pyridine rings is 1. The van der Waals surface area contributed by atoms with Crippen molar-refractivity contribution < 1.29 is 9.53 Å². The Morgan fingerprint density at radius 2 is 1.88 bits per heavy atom. The van der Waals surface area contributed by atoms with Crippen molar-refractivity contribution in [3.05, 3.63) is 53.7 Å². The number of benzene rings is 1. The van der Waals surface area contributed by atoms with E-state index < -0.39 is 0 Å². The molecule has 1 aromatic heterocycles. The first kappa shape index (κ1) is 22.1. The second-order valence-corrected chi connectivity index (χ2v) is 8.25. The van der Waals surface area contributed by atoms with Crippen molar-refractivity contribution in [2.75, 3.05) is 43.1 Å². The fraction of sp³-hybridized carbons (Fsp3) is 0.458. The van der Waals surface area contributed by atoms with Crippen LogP contribution in [0.4, 0.5) is 11.5 Å². The molecular weight excluding hydrogens is 404 g/mol. The Bertz CT molecular complexity index is 929. The lowest BCUT2D eigenvalue weighted by molar-refractivity contribution is -0.117. The monoisotopic (exact) mass is 436 g/mol. The summed E-state index contributed by atoms with van der Waals surface area (Å²) in [7, 11) is 1.76. The highest BCUT2D eigenvalue weighted by Gasteiger charge is 2.21. The van der Waals surface area contributed by atoms with Crippen LogP contribution >= 0.6 is 0 Å². The lowest BCUT2D eigenvalue weighted by Crippen LogP contribution is -2.41. The number of carbonyl (C=O) groups excluding carboxylic acids is 1. The zero-order valence-electron chi connectivity index (χ0n) is 18.9. The molecule has 2 aliphatic heterocycles. The fourth-order valence-corrected chi connectivity index (χ4v) is 4.04. The van der Waals surface area contributed by atoms with Crippen LogP contribution in [0.15, 0.2) is 47.6 Å². The molecule has 170 valence electrons. The van der Waals surface area contributed by atoms with E-state index in [1.807, 2.05) is 23.2 Å². The van der Waals surface area contributed by atoms with Gasteiger partial charge in [0, 0.05) is 58.1 Å². The number of nitrogens with one attached hydrogen (secondary N) is 2. The third-order valence-electron chi connectivity index (χ3n) is 5.84. The SMILES string of the molecule is CN=C(NCc1ccc(N2CCCC2=O)cc1)NCc1ccc(N2CCOC(C)C2)nc1.